The van der Waals surface area contributed by atoms with Gasteiger partial charge in [0.15, 0.2) is 5.96 Å². The van der Waals surface area contributed by atoms with E-state index in [0.717, 1.165) is 16.7 Å². The Morgan fingerprint density at radius 1 is 0.878 bits per heavy atom. The second-order valence-corrected chi connectivity index (χ2v) is 11.9. The number of nitrogens with one attached hydrogen (secondary N) is 2. The van der Waals surface area contributed by atoms with E-state index < -0.39 is 36.0 Å². The highest BCUT2D eigenvalue weighted by Gasteiger charge is 2.39. The quantitative estimate of drug-likeness (QED) is 0.0626. The molecule has 8 N–H and O–H groups in total. The van der Waals surface area contributed by atoms with Crippen LogP contribution >= 0.6 is 0 Å². The first-order valence-corrected chi connectivity index (χ1v) is 16.2. The minimum absolute atomic E-state index is 0.0130. The average Bonchev–Trinajstić information content (AvgIpc) is 3.10. The summed E-state index contributed by atoms with van der Waals surface area (Å²) in [5, 5.41) is 5.21. The third kappa shape index (κ3) is 13.3. The van der Waals surface area contributed by atoms with Gasteiger partial charge in [-0.15, -0.1) is 0 Å². The van der Waals surface area contributed by atoms with Gasteiger partial charge in [-0.25, -0.2) is 4.79 Å². The van der Waals surface area contributed by atoms with Gasteiger partial charge in [0.25, 0.3) is 5.91 Å². The Labute approximate surface area is 287 Å². The Bertz CT molecular complexity index is 1550. The highest BCUT2D eigenvalue weighted by molar-refractivity contribution is 5.98. The number of nitrogens with zero attached hydrogens (tertiary/aromatic N) is 2. The third-order valence-electron chi connectivity index (χ3n) is 7.73. The number of alkyl carbamates (subject to hydrolysis) is 1. The van der Waals surface area contributed by atoms with Crippen molar-refractivity contribution in [2.24, 2.45) is 28.1 Å². The number of benzene rings is 3. The Morgan fingerprint density at radius 3 is 2.06 bits per heavy atom. The molecule has 0 saturated heterocycles. The summed E-state index contributed by atoms with van der Waals surface area (Å²) in [6.45, 7) is 3.99. The first-order valence-electron chi connectivity index (χ1n) is 16.2. The smallest absolute Gasteiger partial charge is 0.414 e. The molecule has 3 atom stereocenters. The van der Waals surface area contributed by atoms with Crippen molar-refractivity contribution >= 4 is 35.9 Å². The number of guanidine groups is 1. The number of rotatable bonds is 17. The molecule has 3 rings (SSSR count). The van der Waals surface area contributed by atoms with Crippen LogP contribution in [0.5, 0.6) is 0 Å². The molecule has 12 heteroatoms. The number of amides is 4. The number of hydrogen-bond acceptors (Lipinski definition) is 7. The summed E-state index contributed by atoms with van der Waals surface area (Å²) in [5.74, 6) is -1.96. The second kappa shape index (κ2) is 20.0. The van der Waals surface area contributed by atoms with Gasteiger partial charge in [-0.1, -0.05) is 105 Å². The number of hydrogen-bond donors (Lipinski definition) is 5. The lowest BCUT2D eigenvalue weighted by atomic mass is 9.94. The van der Waals surface area contributed by atoms with Crippen LogP contribution in [0.1, 0.15) is 43.4 Å². The van der Waals surface area contributed by atoms with Crippen LogP contribution in [-0.2, 0) is 32.1 Å². The minimum Gasteiger partial charge on any atom is -0.444 e. The summed E-state index contributed by atoms with van der Waals surface area (Å²) in [7, 11) is 0. The van der Waals surface area contributed by atoms with Crippen molar-refractivity contribution in [3.05, 3.63) is 114 Å². The van der Waals surface area contributed by atoms with Crippen molar-refractivity contribution in [3.63, 3.8) is 0 Å². The van der Waals surface area contributed by atoms with Crippen LogP contribution in [-0.4, -0.2) is 65.9 Å². The Balaban J connectivity index is 1.92. The lowest BCUT2D eigenvalue weighted by Crippen LogP contribution is -2.62. The molecule has 0 saturated carbocycles. The average molecular weight is 670 g/mol. The molecule has 0 aliphatic carbocycles. The number of imide groups is 1. The molecule has 0 heterocycles. The maximum atomic E-state index is 14.3. The normalized spacial score (nSPS) is 12.8. The van der Waals surface area contributed by atoms with Gasteiger partial charge >= 0.3 is 6.09 Å². The molecule has 0 bridgehead atoms. The first-order chi connectivity index (χ1) is 23.5. The van der Waals surface area contributed by atoms with E-state index in [0.29, 0.717) is 6.42 Å². The van der Waals surface area contributed by atoms with Gasteiger partial charge < -0.3 is 32.2 Å². The van der Waals surface area contributed by atoms with Crippen LogP contribution in [0.4, 0.5) is 4.79 Å². The van der Waals surface area contributed by atoms with E-state index in [1.165, 1.54) is 11.0 Å². The van der Waals surface area contributed by atoms with Gasteiger partial charge in [0.05, 0.1) is 12.1 Å². The number of aliphatic imine (C=N–C) groups is 1. The van der Waals surface area contributed by atoms with Gasteiger partial charge in [-0.3, -0.25) is 24.7 Å². The van der Waals surface area contributed by atoms with Crippen molar-refractivity contribution < 1.29 is 23.9 Å². The van der Waals surface area contributed by atoms with Crippen LogP contribution < -0.4 is 27.8 Å². The molecular formula is C37H47N7O5. The standard InChI is InChI=1S/C37H47N7O5/c1-26(2)32(24-42-33(45)21-20-27-13-6-3-7-14-27)44(35(47)30(38)19-12-22-41-36(39)40)31(23-28-15-8-4-9-16-28)34(46)43-37(48)49-25-29-17-10-5-11-18-29/h3-11,13-18,20-21,26,30-32H,12,19,22-25,38H2,1-2H3,(H,42,45)(H4,39,40,41)(H,43,46,48)/b21-20+/t30-,31-,32+/m0/s1. The molecule has 3 aromatic rings. The fraction of sp³-hybridized carbons (Fsp3) is 0.324. The molecule has 12 nitrogen and oxygen atoms in total. The summed E-state index contributed by atoms with van der Waals surface area (Å²) in [5.41, 5.74) is 19.7. The Hall–Kier alpha value is -5.49. The molecule has 0 fully saturated rings. The number of ether oxygens (including phenoxy) is 1. The number of carbonyl (C=O) groups excluding carboxylic acids is 4. The van der Waals surface area contributed by atoms with Crippen LogP contribution in [0.2, 0.25) is 0 Å². The first kappa shape index (κ1) is 38.0. The van der Waals surface area contributed by atoms with E-state index in [-0.39, 0.29) is 50.3 Å². The molecule has 0 radical (unpaired) electrons. The molecule has 3 aromatic carbocycles. The molecule has 0 spiro atoms. The molecule has 0 aliphatic heterocycles. The van der Waals surface area contributed by atoms with Crippen molar-refractivity contribution in [1.29, 1.82) is 0 Å². The van der Waals surface area contributed by atoms with Crippen molar-refractivity contribution in [2.45, 2.75) is 57.8 Å². The molecule has 4 amide bonds. The molecule has 0 aromatic heterocycles. The molecule has 0 aliphatic rings. The molecule has 0 unspecified atom stereocenters. The van der Waals surface area contributed by atoms with Crippen molar-refractivity contribution in [2.75, 3.05) is 13.1 Å². The van der Waals surface area contributed by atoms with E-state index in [9.17, 15) is 19.2 Å². The van der Waals surface area contributed by atoms with Crippen LogP contribution in [0.25, 0.3) is 6.08 Å². The summed E-state index contributed by atoms with van der Waals surface area (Å²) in [6.07, 6.45) is 2.83. The van der Waals surface area contributed by atoms with Gasteiger partial charge in [0, 0.05) is 25.6 Å². The molecule has 260 valence electrons. The van der Waals surface area contributed by atoms with Crippen LogP contribution in [0, 0.1) is 5.92 Å². The SMILES string of the molecule is CC(C)[C@@H](CNC(=O)/C=C/c1ccccc1)N(C(=O)[C@@H](N)CCCN=C(N)N)[C@@H](Cc1ccccc1)C(=O)NC(=O)OCc1ccccc1. The van der Waals surface area contributed by atoms with E-state index in [4.69, 9.17) is 21.9 Å². The second-order valence-electron chi connectivity index (χ2n) is 11.9. The van der Waals surface area contributed by atoms with E-state index >= 15 is 0 Å². The lowest BCUT2D eigenvalue weighted by Gasteiger charge is -2.41. The van der Waals surface area contributed by atoms with E-state index in [1.807, 2.05) is 92.7 Å². The summed E-state index contributed by atoms with van der Waals surface area (Å²) >= 11 is 0. The Kier molecular flexibility index (Phi) is 15.5. The van der Waals surface area contributed by atoms with Gasteiger partial charge in [0.2, 0.25) is 11.8 Å². The van der Waals surface area contributed by atoms with Crippen molar-refractivity contribution in [3.8, 4) is 0 Å². The topological polar surface area (TPSA) is 195 Å². The lowest BCUT2D eigenvalue weighted by molar-refractivity contribution is -0.145. The molecular weight excluding hydrogens is 622 g/mol. The fourth-order valence-electron chi connectivity index (χ4n) is 5.14. The van der Waals surface area contributed by atoms with E-state index in [1.54, 1.807) is 18.2 Å². The van der Waals surface area contributed by atoms with Gasteiger partial charge in [0.1, 0.15) is 12.6 Å². The van der Waals surface area contributed by atoms with E-state index in [2.05, 4.69) is 15.6 Å². The summed E-state index contributed by atoms with van der Waals surface area (Å²) in [4.78, 5) is 59.5. The maximum Gasteiger partial charge on any atom is 0.414 e. The highest BCUT2D eigenvalue weighted by atomic mass is 16.5. The largest absolute Gasteiger partial charge is 0.444 e. The fourth-order valence-corrected chi connectivity index (χ4v) is 5.14. The minimum atomic E-state index is -1.19. The van der Waals surface area contributed by atoms with Crippen molar-refractivity contribution in [1.82, 2.24) is 15.5 Å². The van der Waals surface area contributed by atoms with Gasteiger partial charge in [-0.2, -0.15) is 0 Å². The van der Waals surface area contributed by atoms with Crippen LogP contribution in [0.3, 0.4) is 0 Å². The monoisotopic (exact) mass is 669 g/mol. The third-order valence-corrected chi connectivity index (χ3v) is 7.73. The summed E-state index contributed by atoms with van der Waals surface area (Å²) in [6, 6.07) is 24.6. The maximum absolute atomic E-state index is 14.3. The Morgan fingerprint density at radius 2 is 1.47 bits per heavy atom. The molecule has 49 heavy (non-hydrogen) atoms. The predicted molar refractivity (Wildman–Crippen MR) is 191 cm³/mol. The summed E-state index contributed by atoms with van der Waals surface area (Å²) < 4.78 is 5.33. The zero-order valence-corrected chi connectivity index (χ0v) is 28.0. The predicted octanol–water partition coefficient (Wildman–Crippen LogP) is 3.11. The highest BCUT2D eigenvalue weighted by Crippen LogP contribution is 2.21. The zero-order valence-electron chi connectivity index (χ0n) is 28.0. The number of nitrogens with two attached hydrogens (primary N) is 3. The van der Waals surface area contributed by atoms with Crippen LogP contribution in [0.15, 0.2) is 102 Å². The van der Waals surface area contributed by atoms with Gasteiger partial charge in [-0.05, 0) is 41.5 Å². The zero-order chi connectivity index (χ0) is 35.6. The number of carbonyl (C=O) groups is 4.